The van der Waals surface area contributed by atoms with Crippen molar-refractivity contribution in [1.82, 2.24) is 0 Å². The van der Waals surface area contributed by atoms with Crippen LogP contribution in [0.3, 0.4) is 0 Å². The number of phenolic OH excluding ortho intramolecular Hbond substituents is 1. The summed E-state index contributed by atoms with van der Waals surface area (Å²) in [6.45, 7) is 0. The zero-order valence-corrected chi connectivity index (χ0v) is 8.86. The molecule has 0 bridgehead atoms. The molecule has 1 aliphatic carbocycles. The summed E-state index contributed by atoms with van der Waals surface area (Å²) >= 11 is 0. The number of hydrogen-bond donors (Lipinski definition) is 2. The summed E-state index contributed by atoms with van der Waals surface area (Å²) in [6.07, 6.45) is 3.45. The number of aliphatic hydroxyl groups is 1. The number of para-hydroxylation sites is 1. The second-order valence-corrected chi connectivity index (χ2v) is 4.10. The van der Waals surface area contributed by atoms with E-state index >= 15 is 0 Å². The third kappa shape index (κ3) is 1.67. The van der Waals surface area contributed by atoms with Gasteiger partial charge in [0.1, 0.15) is 0 Å². The van der Waals surface area contributed by atoms with E-state index in [9.17, 15) is 10.2 Å². The van der Waals surface area contributed by atoms with E-state index in [2.05, 4.69) is 0 Å². The van der Waals surface area contributed by atoms with Gasteiger partial charge in [0.15, 0.2) is 11.5 Å². The summed E-state index contributed by atoms with van der Waals surface area (Å²) in [5.41, 5.74) is -0.266. The molecule has 0 aromatic heterocycles. The quantitative estimate of drug-likeness (QED) is 0.783. The normalized spacial score (nSPS) is 19.1. The average Bonchev–Trinajstić information content (AvgIpc) is 2.66. The standard InChI is InChI=1S/C12H16O3/c1-15-10-6-4-5-9(11(10)13)12(14)7-2-3-8-12/h4-6,13-14H,2-3,7-8H2,1H3. The molecule has 0 unspecified atom stereocenters. The van der Waals surface area contributed by atoms with Crippen molar-refractivity contribution in [3.63, 3.8) is 0 Å². The fraction of sp³-hybridized carbons (Fsp3) is 0.500. The van der Waals surface area contributed by atoms with E-state index in [-0.39, 0.29) is 5.75 Å². The second-order valence-electron chi connectivity index (χ2n) is 4.10. The Balaban J connectivity index is 2.43. The molecule has 0 amide bonds. The van der Waals surface area contributed by atoms with Crippen molar-refractivity contribution < 1.29 is 14.9 Å². The van der Waals surface area contributed by atoms with Gasteiger partial charge in [0, 0.05) is 5.56 Å². The molecule has 1 saturated carbocycles. The molecule has 0 aliphatic heterocycles. The zero-order chi connectivity index (χ0) is 10.9. The highest BCUT2D eigenvalue weighted by Crippen LogP contribution is 2.44. The van der Waals surface area contributed by atoms with Gasteiger partial charge in [0.2, 0.25) is 0 Å². The minimum Gasteiger partial charge on any atom is -0.504 e. The fourth-order valence-electron chi connectivity index (χ4n) is 2.29. The second kappa shape index (κ2) is 3.74. The molecular weight excluding hydrogens is 192 g/mol. The van der Waals surface area contributed by atoms with E-state index in [4.69, 9.17) is 4.74 Å². The van der Waals surface area contributed by atoms with Crippen LogP contribution in [0.2, 0.25) is 0 Å². The van der Waals surface area contributed by atoms with E-state index < -0.39 is 5.60 Å². The molecule has 2 rings (SSSR count). The van der Waals surface area contributed by atoms with Crippen LogP contribution in [0.4, 0.5) is 0 Å². The van der Waals surface area contributed by atoms with Crippen LogP contribution >= 0.6 is 0 Å². The molecular formula is C12H16O3. The average molecular weight is 208 g/mol. The van der Waals surface area contributed by atoms with Gasteiger partial charge in [0.25, 0.3) is 0 Å². The Bertz CT molecular complexity index is 354. The summed E-state index contributed by atoms with van der Waals surface area (Å²) < 4.78 is 5.03. The van der Waals surface area contributed by atoms with Gasteiger partial charge in [-0.15, -0.1) is 0 Å². The third-order valence-corrected chi connectivity index (χ3v) is 3.15. The first kappa shape index (κ1) is 10.3. The lowest BCUT2D eigenvalue weighted by atomic mass is 9.91. The maximum atomic E-state index is 10.3. The number of aromatic hydroxyl groups is 1. The van der Waals surface area contributed by atoms with Gasteiger partial charge >= 0.3 is 0 Å². The third-order valence-electron chi connectivity index (χ3n) is 3.15. The van der Waals surface area contributed by atoms with Crippen LogP contribution in [0.25, 0.3) is 0 Å². The van der Waals surface area contributed by atoms with Crippen molar-refractivity contribution in [2.24, 2.45) is 0 Å². The summed E-state index contributed by atoms with van der Waals surface area (Å²) in [4.78, 5) is 0. The Morgan fingerprint density at radius 1 is 1.27 bits per heavy atom. The molecule has 2 N–H and O–H groups in total. The zero-order valence-electron chi connectivity index (χ0n) is 8.86. The first-order valence-electron chi connectivity index (χ1n) is 5.26. The topological polar surface area (TPSA) is 49.7 Å². The van der Waals surface area contributed by atoms with Crippen molar-refractivity contribution in [3.05, 3.63) is 23.8 Å². The van der Waals surface area contributed by atoms with Gasteiger partial charge in [0.05, 0.1) is 12.7 Å². The number of methoxy groups -OCH3 is 1. The molecule has 15 heavy (non-hydrogen) atoms. The Kier molecular flexibility index (Phi) is 2.57. The van der Waals surface area contributed by atoms with Crippen LogP contribution in [0, 0.1) is 0 Å². The molecule has 0 atom stereocenters. The molecule has 82 valence electrons. The first-order chi connectivity index (χ1) is 7.17. The number of hydrogen-bond acceptors (Lipinski definition) is 3. The largest absolute Gasteiger partial charge is 0.504 e. The van der Waals surface area contributed by atoms with E-state index in [1.165, 1.54) is 7.11 Å². The van der Waals surface area contributed by atoms with Crippen LogP contribution < -0.4 is 4.74 Å². The molecule has 3 nitrogen and oxygen atoms in total. The predicted octanol–water partition coefficient (Wildman–Crippen LogP) is 2.16. The van der Waals surface area contributed by atoms with Gasteiger partial charge in [-0.25, -0.2) is 0 Å². The van der Waals surface area contributed by atoms with Crippen LogP contribution in [0.5, 0.6) is 11.5 Å². The molecule has 0 radical (unpaired) electrons. The van der Waals surface area contributed by atoms with Gasteiger partial charge in [-0.2, -0.15) is 0 Å². The van der Waals surface area contributed by atoms with Crippen molar-refractivity contribution in [2.75, 3.05) is 7.11 Å². The fourth-order valence-corrected chi connectivity index (χ4v) is 2.29. The minimum absolute atomic E-state index is 0.0735. The van der Waals surface area contributed by atoms with Crippen LogP contribution in [0.1, 0.15) is 31.2 Å². The Morgan fingerprint density at radius 3 is 2.53 bits per heavy atom. The van der Waals surface area contributed by atoms with Crippen molar-refractivity contribution in [3.8, 4) is 11.5 Å². The van der Waals surface area contributed by atoms with Crippen molar-refractivity contribution in [1.29, 1.82) is 0 Å². The number of ether oxygens (including phenoxy) is 1. The minimum atomic E-state index is -0.862. The lowest BCUT2D eigenvalue weighted by Gasteiger charge is -2.24. The lowest BCUT2D eigenvalue weighted by molar-refractivity contribution is 0.0417. The Labute approximate surface area is 89.3 Å². The monoisotopic (exact) mass is 208 g/mol. The molecule has 1 aliphatic rings. The van der Waals surface area contributed by atoms with Crippen LogP contribution in [-0.2, 0) is 5.60 Å². The van der Waals surface area contributed by atoms with Crippen molar-refractivity contribution in [2.45, 2.75) is 31.3 Å². The molecule has 1 aromatic rings. The number of phenols is 1. The molecule has 0 heterocycles. The van der Waals surface area contributed by atoms with Crippen LogP contribution in [0.15, 0.2) is 18.2 Å². The van der Waals surface area contributed by atoms with Gasteiger partial charge < -0.3 is 14.9 Å². The highest BCUT2D eigenvalue weighted by Gasteiger charge is 2.35. The van der Waals surface area contributed by atoms with Gasteiger partial charge in [-0.3, -0.25) is 0 Å². The smallest absolute Gasteiger partial charge is 0.163 e. The van der Waals surface area contributed by atoms with E-state index in [1.54, 1.807) is 18.2 Å². The summed E-state index contributed by atoms with van der Waals surface area (Å²) in [7, 11) is 1.51. The summed E-state index contributed by atoms with van der Waals surface area (Å²) in [6, 6.07) is 5.25. The van der Waals surface area contributed by atoms with E-state index in [0.29, 0.717) is 24.2 Å². The Hall–Kier alpha value is -1.22. The molecule has 1 fully saturated rings. The lowest BCUT2D eigenvalue weighted by Crippen LogP contribution is -2.21. The summed E-state index contributed by atoms with van der Waals surface area (Å²) in [5.74, 6) is 0.497. The predicted molar refractivity (Wildman–Crippen MR) is 57.0 cm³/mol. The summed E-state index contributed by atoms with van der Waals surface area (Å²) in [5, 5.41) is 20.3. The van der Waals surface area contributed by atoms with E-state index in [0.717, 1.165) is 12.8 Å². The number of benzene rings is 1. The molecule has 0 spiro atoms. The molecule has 3 heteroatoms. The molecule has 0 saturated heterocycles. The van der Waals surface area contributed by atoms with Crippen LogP contribution in [-0.4, -0.2) is 17.3 Å². The first-order valence-corrected chi connectivity index (χ1v) is 5.26. The SMILES string of the molecule is COc1cccc(C2(O)CCCC2)c1O. The van der Waals surface area contributed by atoms with E-state index in [1.807, 2.05) is 0 Å². The maximum Gasteiger partial charge on any atom is 0.163 e. The highest BCUT2D eigenvalue weighted by atomic mass is 16.5. The number of rotatable bonds is 2. The maximum absolute atomic E-state index is 10.3. The van der Waals surface area contributed by atoms with Crippen molar-refractivity contribution >= 4 is 0 Å². The highest BCUT2D eigenvalue weighted by molar-refractivity contribution is 5.48. The van der Waals surface area contributed by atoms with Gasteiger partial charge in [-0.05, 0) is 18.9 Å². The van der Waals surface area contributed by atoms with Gasteiger partial charge in [-0.1, -0.05) is 25.0 Å². The molecule has 1 aromatic carbocycles. The Morgan fingerprint density at radius 2 is 1.93 bits per heavy atom.